The summed E-state index contributed by atoms with van der Waals surface area (Å²) >= 11 is 6.29. The molecule has 1 amide bonds. The Labute approximate surface area is 118 Å². The summed E-state index contributed by atoms with van der Waals surface area (Å²) in [6, 6.07) is 6.40. The highest BCUT2D eigenvalue weighted by Crippen LogP contribution is 2.29. The van der Waals surface area contributed by atoms with Crippen molar-refractivity contribution in [2.45, 2.75) is 32.4 Å². The van der Waals surface area contributed by atoms with Gasteiger partial charge in [0, 0.05) is 35.4 Å². The van der Waals surface area contributed by atoms with Crippen LogP contribution in [0.1, 0.15) is 25.3 Å². The second-order valence-corrected chi connectivity index (χ2v) is 5.28. The lowest BCUT2D eigenvalue weighted by atomic mass is 10.1. The van der Waals surface area contributed by atoms with E-state index in [1.807, 2.05) is 30.0 Å². The quantitative estimate of drug-likeness (QED) is 0.803. The summed E-state index contributed by atoms with van der Waals surface area (Å²) in [5.41, 5.74) is 7.33. The first-order valence-corrected chi connectivity index (χ1v) is 7.03. The Morgan fingerprint density at radius 1 is 1.53 bits per heavy atom. The van der Waals surface area contributed by atoms with Crippen molar-refractivity contribution in [3.05, 3.63) is 28.8 Å². The van der Waals surface area contributed by atoms with Crippen LogP contribution in [0.25, 0.3) is 0 Å². The third kappa shape index (κ3) is 3.85. The van der Waals surface area contributed by atoms with Crippen molar-refractivity contribution in [1.82, 2.24) is 5.32 Å². The number of rotatable bonds is 7. The Morgan fingerprint density at radius 3 is 2.84 bits per heavy atom. The molecule has 1 fully saturated rings. The lowest BCUT2D eigenvalue weighted by Gasteiger charge is -2.25. The van der Waals surface area contributed by atoms with Crippen LogP contribution < -0.4 is 16.0 Å². The third-order valence-electron chi connectivity index (χ3n) is 3.31. The normalized spacial score (nSPS) is 14.4. The van der Waals surface area contributed by atoms with E-state index >= 15 is 0 Å². The van der Waals surface area contributed by atoms with Crippen LogP contribution in [0, 0.1) is 0 Å². The van der Waals surface area contributed by atoms with E-state index in [4.69, 9.17) is 17.3 Å². The van der Waals surface area contributed by atoms with Gasteiger partial charge in [0.05, 0.1) is 6.54 Å². The number of hydrogen-bond acceptors (Lipinski definition) is 3. The van der Waals surface area contributed by atoms with E-state index < -0.39 is 0 Å². The number of amides is 1. The highest BCUT2D eigenvalue weighted by Gasteiger charge is 2.22. The Morgan fingerprint density at radius 2 is 2.26 bits per heavy atom. The van der Waals surface area contributed by atoms with Crippen molar-refractivity contribution >= 4 is 23.2 Å². The van der Waals surface area contributed by atoms with E-state index in [0.717, 1.165) is 29.4 Å². The fourth-order valence-corrected chi connectivity index (χ4v) is 2.34. The minimum atomic E-state index is -0.331. The van der Waals surface area contributed by atoms with Gasteiger partial charge in [-0.25, -0.2) is 0 Å². The van der Waals surface area contributed by atoms with Gasteiger partial charge in [-0.2, -0.15) is 0 Å². The molecule has 0 saturated heterocycles. The Kier molecular flexibility index (Phi) is 4.66. The smallest absolute Gasteiger partial charge is 0.236 e. The number of likely N-dealkylation sites (N-methyl/N-ethyl adjacent to an activating group) is 1. The molecule has 19 heavy (non-hydrogen) atoms. The fraction of sp³-hybridized carbons (Fsp3) is 0.500. The van der Waals surface area contributed by atoms with Gasteiger partial charge in [-0.3, -0.25) is 4.79 Å². The van der Waals surface area contributed by atoms with Crippen molar-refractivity contribution in [3.8, 4) is 0 Å². The summed E-state index contributed by atoms with van der Waals surface area (Å²) in [7, 11) is 0. The molecule has 1 saturated carbocycles. The minimum Gasteiger partial charge on any atom is -0.368 e. The van der Waals surface area contributed by atoms with Crippen LogP contribution >= 0.6 is 11.6 Å². The summed E-state index contributed by atoms with van der Waals surface area (Å²) in [5.74, 6) is -0.331. The molecule has 0 bridgehead atoms. The van der Waals surface area contributed by atoms with Crippen LogP contribution in [0.5, 0.6) is 0 Å². The van der Waals surface area contributed by atoms with Gasteiger partial charge >= 0.3 is 0 Å². The van der Waals surface area contributed by atoms with Crippen molar-refractivity contribution < 1.29 is 4.79 Å². The van der Waals surface area contributed by atoms with Gasteiger partial charge in [0.2, 0.25) is 5.91 Å². The lowest BCUT2D eigenvalue weighted by Crippen LogP contribution is -2.34. The number of primary amides is 1. The minimum absolute atomic E-state index is 0.216. The zero-order chi connectivity index (χ0) is 13.8. The summed E-state index contributed by atoms with van der Waals surface area (Å²) in [6.45, 7) is 3.67. The van der Waals surface area contributed by atoms with Crippen LogP contribution in [0.2, 0.25) is 5.02 Å². The molecule has 0 spiro atoms. The van der Waals surface area contributed by atoms with Crippen LogP contribution in [0.15, 0.2) is 18.2 Å². The molecule has 0 unspecified atom stereocenters. The van der Waals surface area contributed by atoms with Gasteiger partial charge in [0.1, 0.15) is 0 Å². The number of benzene rings is 1. The molecular weight excluding hydrogens is 262 g/mol. The molecule has 1 aliphatic rings. The lowest BCUT2D eigenvalue weighted by molar-refractivity contribution is -0.116. The van der Waals surface area contributed by atoms with Gasteiger partial charge in [-0.05, 0) is 31.9 Å². The standard InChI is InChI=1S/C14H20ClN3O/c1-2-18(9-14(16)19)13-5-3-4-12(15)11(13)8-17-10-6-7-10/h3-5,10,17H,2,6-9H2,1H3,(H2,16,19). The van der Waals surface area contributed by atoms with E-state index in [1.165, 1.54) is 12.8 Å². The van der Waals surface area contributed by atoms with Gasteiger partial charge < -0.3 is 16.0 Å². The molecular formula is C14H20ClN3O. The predicted octanol–water partition coefficient (Wildman–Crippen LogP) is 1.90. The third-order valence-corrected chi connectivity index (χ3v) is 3.66. The van der Waals surface area contributed by atoms with Crippen molar-refractivity contribution in [1.29, 1.82) is 0 Å². The second-order valence-electron chi connectivity index (χ2n) is 4.87. The molecule has 1 aliphatic carbocycles. The Balaban J connectivity index is 2.20. The second kappa shape index (κ2) is 6.26. The summed E-state index contributed by atoms with van der Waals surface area (Å²) in [5, 5.41) is 4.19. The van der Waals surface area contributed by atoms with Gasteiger partial charge in [-0.1, -0.05) is 17.7 Å². The number of halogens is 1. The monoisotopic (exact) mass is 281 g/mol. The van der Waals surface area contributed by atoms with Crippen LogP contribution in [0.3, 0.4) is 0 Å². The van der Waals surface area contributed by atoms with Gasteiger partial charge in [0.25, 0.3) is 0 Å². The van der Waals surface area contributed by atoms with Crippen LogP contribution in [0.4, 0.5) is 5.69 Å². The largest absolute Gasteiger partial charge is 0.368 e. The molecule has 0 aliphatic heterocycles. The molecule has 3 N–H and O–H groups in total. The number of nitrogens with one attached hydrogen (secondary N) is 1. The summed E-state index contributed by atoms with van der Waals surface area (Å²) < 4.78 is 0. The first kappa shape index (κ1) is 14.2. The molecule has 4 nitrogen and oxygen atoms in total. The molecule has 0 heterocycles. The van der Waals surface area contributed by atoms with Crippen molar-refractivity contribution in [2.75, 3.05) is 18.0 Å². The molecule has 1 aromatic carbocycles. The van der Waals surface area contributed by atoms with Gasteiger partial charge in [-0.15, -0.1) is 0 Å². The zero-order valence-corrected chi connectivity index (χ0v) is 11.9. The molecule has 0 aromatic heterocycles. The van der Waals surface area contributed by atoms with Crippen molar-refractivity contribution in [2.24, 2.45) is 5.73 Å². The first-order valence-electron chi connectivity index (χ1n) is 6.65. The molecule has 2 rings (SSSR count). The zero-order valence-electron chi connectivity index (χ0n) is 11.2. The molecule has 1 aromatic rings. The number of nitrogens with zero attached hydrogens (tertiary/aromatic N) is 1. The Bertz CT molecular complexity index is 460. The van der Waals surface area contributed by atoms with E-state index in [9.17, 15) is 4.79 Å². The molecule has 5 heteroatoms. The van der Waals surface area contributed by atoms with E-state index in [1.54, 1.807) is 0 Å². The number of carbonyl (C=O) groups excluding carboxylic acids is 1. The maximum Gasteiger partial charge on any atom is 0.236 e. The summed E-state index contributed by atoms with van der Waals surface area (Å²) in [4.78, 5) is 13.1. The number of hydrogen-bond donors (Lipinski definition) is 2. The summed E-state index contributed by atoms with van der Waals surface area (Å²) in [6.07, 6.45) is 2.47. The van der Waals surface area contributed by atoms with E-state index in [-0.39, 0.29) is 12.5 Å². The Hall–Kier alpha value is -1.26. The molecule has 104 valence electrons. The number of carbonyl (C=O) groups is 1. The number of nitrogens with two attached hydrogens (primary N) is 1. The maximum absolute atomic E-state index is 11.1. The predicted molar refractivity (Wildman–Crippen MR) is 78.4 cm³/mol. The SMILES string of the molecule is CCN(CC(N)=O)c1cccc(Cl)c1CNC1CC1. The van der Waals surface area contributed by atoms with E-state index in [2.05, 4.69) is 5.32 Å². The topological polar surface area (TPSA) is 58.4 Å². The number of anilines is 1. The van der Waals surface area contributed by atoms with Gasteiger partial charge in [0.15, 0.2) is 0 Å². The average molecular weight is 282 g/mol. The average Bonchev–Trinajstić information content (AvgIpc) is 3.18. The fourth-order valence-electron chi connectivity index (χ4n) is 2.11. The molecule has 0 atom stereocenters. The highest BCUT2D eigenvalue weighted by atomic mass is 35.5. The first-order chi connectivity index (χ1) is 9.11. The van der Waals surface area contributed by atoms with Crippen LogP contribution in [-0.4, -0.2) is 25.0 Å². The highest BCUT2D eigenvalue weighted by molar-refractivity contribution is 6.31. The van der Waals surface area contributed by atoms with Crippen LogP contribution in [-0.2, 0) is 11.3 Å². The van der Waals surface area contributed by atoms with Crippen molar-refractivity contribution in [3.63, 3.8) is 0 Å². The van der Waals surface area contributed by atoms with E-state index in [0.29, 0.717) is 6.04 Å². The molecule has 0 radical (unpaired) electrons. The maximum atomic E-state index is 11.1.